The number of rotatable bonds is 12. The number of anilines is 6. The molecular weight excluding hydrogens is 523 g/mol. The molecule has 0 saturated heterocycles. The molecule has 0 bridgehead atoms. The number of carbonyl (C=O) groups is 1. The first-order valence-electron chi connectivity index (χ1n) is 12.7. The van der Waals surface area contributed by atoms with Crippen LogP contribution in [-0.4, -0.2) is 61.4 Å². The van der Waals surface area contributed by atoms with E-state index in [1.54, 1.807) is 18.0 Å². The summed E-state index contributed by atoms with van der Waals surface area (Å²) >= 11 is 0. The maximum Gasteiger partial charge on any atom is 0.573 e. The number of likely N-dealkylation sites (N-methyl/N-ethyl adjacent to an activating group) is 2. The summed E-state index contributed by atoms with van der Waals surface area (Å²) in [5.41, 5.74) is 2.59. The molecular formula is C28H32F3N7O2. The Balaban J connectivity index is 1.66. The highest BCUT2D eigenvalue weighted by Crippen LogP contribution is 2.42. The number of amides is 1. The molecule has 2 aromatic carbocycles. The smallest absolute Gasteiger partial charge is 0.403 e. The van der Waals surface area contributed by atoms with E-state index in [9.17, 15) is 18.0 Å². The molecule has 0 spiro atoms. The highest BCUT2D eigenvalue weighted by molar-refractivity contribution is 6.02. The summed E-state index contributed by atoms with van der Waals surface area (Å²) < 4.78 is 44.6. The van der Waals surface area contributed by atoms with Crippen LogP contribution in [0.4, 0.5) is 47.7 Å². The average Bonchev–Trinajstić information content (AvgIpc) is 3.74. The molecule has 9 nitrogen and oxygen atoms in total. The second-order valence-electron chi connectivity index (χ2n) is 9.75. The minimum absolute atomic E-state index is 0.0325. The van der Waals surface area contributed by atoms with Crippen LogP contribution in [0.1, 0.15) is 24.3 Å². The fourth-order valence-corrected chi connectivity index (χ4v) is 3.99. The molecule has 12 heteroatoms. The molecule has 4 rings (SSSR count). The van der Waals surface area contributed by atoms with Crippen molar-refractivity contribution in [3.63, 3.8) is 0 Å². The number of nitrogens with zero attached hydrogens (tertiary/aromatic N) is 4. The predicted octanol–water partition coefficient (Wildman–Crippen LogP) is 5.86. The molecule has 1 aromatic heterocycles. The van der Waals surface area contributed by atoms with Crippen LogP contribution in [0.3, 0.4) is 0 Å². The molecule has 3 aromatic rings. The molecule has 0 unspecified atom stereocenters. The SMILES string of the molecule is C=CC(=O)Nc1cc(Nc2nccc(Nc3cccc(C4CC4)c3)n2)c(OC(F)(F)F)cc1N(C)CCN(C)C. The second-order valence-corrected chi connectivity index (χ2v) is 9.75. The van der Waals surface area contributed by atoms with Crippen LogP contribution in [0.5, 0.6) is 5.75 Å². The Hall–Kier alpha value is -4.32. The van der Waals surface area contributed by atoms with Crippen molar-refractivity contribution in [2.24, 2.45) is 0 Å². The van der Waals surface area contributed by atoms with E-state index in [0.29, 0.717) is 30.5 Å². The quantitative estimate of drug-likeness (QED) is 0.239. The third kappa shape index (κ3) is 8.09. The third-order valence-corrected chi connectivity index (χ3v) is 6.17. The summed E-state index contributed by atoms with van der Waals surface area (Å²) in [5.74, 6) is 0.0367. The third-order valence-electron chi connectivity index (χ3n) is 6.17. The number of aromatic nitrogens is 2. The van der Waals surface area contributed by atoms with Gasteiger partial charge in [-0.05, 0) is 68.8 Å². The number of halogens is 3. The van der Waals surface area contributed by atoms with Gasteiger partial charge in [-0.2, -0.15) is 4.98 Å². The van der Waals surface area contributed by atoms with Gasteiger partial charge in [-0.3, -0.25) is 4.79 Å². The normalized spacial score (nSPS) is 13.1. The lowest BCUT2D eigenvalue weighted by Crippen LogP contribution is -2.29. The Labute approximate surface area is 231 Å². The maximum atomic E-state index is 13.4. The molecule has 0 atom stereocenters. The molecule has 1 amide bonds. The van der Waals surface area contributed by atoms with Crippen molar-refractivity contribution in [1.82, 2.24) is 14.9 Å². The van der Waals surface area contributed by atoms with E-state index in [4.69, 9.17) is 0 Å². The van der Waals surface area contributed by atoms with Gasteiger partial charge in [0.2, 0.25) is 11.9 Å². The Morgan fingerprint density at radius 3 is 2.55 bits per heavy atom. The van der Waals surface area contributed by atoms with Crippen molar-refractivity contribution in [2.75, 3.05) is 55.1 Å². The lowest BCUT2D eigenvalue weighted by Gasteiger charge is -2.26. The number of nitrogens with one attached hydrogen (secondary N) is 3. The van der Waals surface area contributed by atoms with Crippen molar-refractivity contribution < 1.29 is 22.7 Å². The molecule has 1 saturated carbocycles. The zero-order valence-corrected chi connectivity index (χ0v) is 22.5. The summed E-state index contributed by atoms with van der Waals surface area (Å²) in [6, 6.07) is 12.2. The summed E-state index contributed by atoms with van der Waals surface area (Å²) in [7, 11) is 5.47. The van der Waals surface area contributed by atoms with Crippen LogP contribution < -0.4 is 25.6 Å². The van der Waals surface area contributed by atoms with E-state index in [0.717, 1.165) is 11.8 Å². The fourth-order valence-electron chi connectivity index (χ4n) is 3.99. The number of hydrogen-bond donors (Lipinski definition) is 3. The standard InChI is InChI=1S/C28H32F3N7O2/c1-5-26(39)34-21-16-22(24(40-28(29,30)31)17-23(21)38(4)14-13-37(2)3)35-27-32-12-11-25(36-27)33-20-8-6-7-19(15-20)18-9-10-18/h5-8,11-12,15-18H,1,9-10,13-14H2,2-4H3,(H,34,39)(H2,32,33,35,36). The second kappa shape index (κ2) is 12.2. The number of carbonyl (C=O) groups excluding carboxylic acids is 1. The van der Waals surface area contributed by atoms with E-state index >= 15 is 0 Å². The van der Waals surface area contributed by atoms with Gasteiger partial charge in [-0.1, -0.05) is 18.7 Å². The molecule has 1 aliphatic rings. The maximum absolute atomic E-state index is 13.4. The van der Waals surface area contributed by atoms with Gasteiger partial charge in [-0.25, -0.2) is 4.98 Å². The van der Waals surface area contributed by atoms with E-state index in [1.807, 2.05) is 31.1 Å². The zero-order valence-electron chi connectivity index (χ0n) is 22.5. The molecule has 0 radical (unpaired) electrons. The lowest BCUT2D eigenvalue weighted by atomic mass is 10.1. The number of ether oxygens (including phenoxy) is 1. The van der Waals surface area contributed by atoms with Crippen molar-refractivity contribution in [3.05, 3.63) is 66.9 Å². The van der Waals surface area contributed by atoms with E-state index in [2.05, 4.69) is 49.4 Å². The van der Waals surface area contributed by atoms with Gasteiger partial charge in [0, 0.05) is 38.1 Å². The van der Waals surface area contributed by atoms with E-state index in [1.165, 1.54) is 36.7 Å². The van der Waals surface area contributed by atoms with E-state index in [-0.39, 0.29) is 17.3 Å². The van der Waals surface area contributed by atoms with Crippen molar-refractivity contribution in [2.45, 2.75) is 25.1 Å². The summed E-state index contributed by atoms with van der Waals surface area (Å²) in [6.07, 6.45) is -0.0535. The van der Waals surface area contributed by atoms with Crippen molar-refractivity contribution in [3.8, 4) is 5.75 Å². The van der Waals surface area contributed by atoms with Crippen LogP contribution in [0, 0.1) is 0 Å². The van der Waals surface area contributed by atoms with Crippen LogP contribution in [-0.2, 0) is 4.79 Å². The Morgan fingerprint density at radius 1 is 1.10 bits per heavy atom. The van der Waals surface area contributed by atoms with Crippen molar-refractivity contribution in [1.29, 1.82) is 0 Å². The monoisotopic (exact) mass is 555 g/mol. The fraction of sp³-hybridized carbons (Fsp3) is 0.321. The van der Waals surface area contributed by atoms with Gasteiger partial charge in [0.1, 0.15) is 5.82 Å². The first-order valence-corrected chi connectivity index (χ1v) is 12.7. The van der Waals surface area contributed by atoms with Gasteiger partial charge in [0.25, 0.3) is 0 Å². The molecule has 40 heavy (non-hydrogen) atoms. The summed E-state index contributed by atoms with van der Waals surface area (Å²) in [4.78, 5) is 24.4. The van der Waals surface area contributed by atoms with Crippen LogP contribution in [0.25, 0.3) is 0 Å². The predicted molar refractivity (Wildman–Crippen MR) is 151 cm³/mol. The average molecular weight is 556 g/mol. The first kappa shape index (κ1) is 28.7. The zero-order chi connectivity index (χ0) is 28.9. The number of benzene rings is 2. The van der Waals surface area contributed by atoms with Crippen LogP contribution >= 0.6 is 0 Å². The Bertz CT molecular complexity index is 1360. The largest absolute Gasteiger partial charge is 0.573 e. The molecule has 3 N–H and O–H groups in total. The minimum Gasteiger partial charge on any atom is -0.403 e. The molecule has 212 valence electrons. The Kier molecular flexibility index (Phi) is 8.78. The van der Waals surface area contributed by atoms with Crippen molar-refractivity contribution >= 4 is 40.4 Å². The molecule has 0 aliphatic heterocycles. The van der Waals surface area contributed by atoms with Gasteiger partial charge in [0.05, 0.1) is 17.1 Å². The Morgan fingerprint density at radius 2 is 1.88 bits per heavy atom. The van der Waals surface area contributed by atoms with Crippen LogP contribution in [0.15, 0.2) is 61.3 Å². The number of hydrogen-bond acceptors (Lipinski definition) is 8. The topological polar surface area (TPSA) is 94.6 Å². The lowest BCUT2D eigenvalue weighted by molar-refractivity contribution is -0.274. The number of alkyl halides is 3. The van der Waals surface area contributed by atoms with E-state index < -0.39 is 18.0 Å². The highest BCUT2D eigenvalue weighted by Gasteiger charge is 2.33. The summed E-state index contributed by atoms with van der Waals surface area (Å²) in [5, 5.41) is 8.70. The minimum atomic E-state index is -4.96. The first-order chi connectivity index (χ1) is 19.0. The highest BCUT2D eigenvalue weighted by atomic mass is 19.4. The molecule has 1 aliphatic carbocycles. The van der Waals surface area contributed by atoms with Gasteiger partial charge >= 0.3 is 6.36 Å². The van der Waals surface area contributed by atoms with Gasteiger partial charge < -0.3 is 30.5 Å². The van der Waals surface area contributed by atoms with Gasteiger partial charge in [-0.15, -0.1) is 13.2 Å². The van der Waals surface area contributed by atoms with Gasteiger partial charge in [0.15, 0.2) is 5.75 Å². The molecule has 1 fully saturated rings. The summed E-state index contributed by atoms with van der Waals surface area (Å²) in [6.45, 7) is 4.56. The van der Waals surface area contributed by atoms with Crippen LogP contribution in [0.2, 0.25) is 0 Å². The molecule has 1 heterocycles.